The van der Waals surface area contributed by atoms with Gasteiger partial charge in [-0.05, 0) is 111 Å². The molecule has 0 saturated carbocycles. The van der Waals surface area contributed by atoms with Crippen LogP contribution in [0.15, 0.2) is 126 Å². The van der Waals surface area contributed by atoms with Crippen LogP contribution in [0.3, 0.4) is 0 Å². The minimum absolute atomic E-state index is 1.03. The third-order valence-electron chi connectivity index (χ3n) is 7.66. The van der Waals surface area contributed by atoms with Crippen LogP contribution >= 0.6 is 0 Å². The molecular weight excluding hydrogens is 486 g/mol. The van der Waals surface area contributed by atoms with Crippen molar-refractivity contribution in [2.75, 3.05) is 9.91 Å². The second-order valence-corrected chi connectivity index (χ2v) is 10.6. The first-order valence-corrected chi connectivity index (χ1v) is 14.2. The van der Waals surface area contributed by atoms with Crippen molar-refractivity contribution in [2.24, 2.45) is 5.10 Å². The summed E-state index contributed by atoms with van der Waals surface area (Å²) in [6.07, 6.45) is 6.77. The summed E-state index contributed by atoms with van der Waals surface area (Å²) in [5.41, 5.74) is 12.2. The number of nitrogens with zero attached hydrogens (tertiary/aromatic N) is 3. The lowest BCUT2D eigenvalue weighted by molar-refractivity contribution is 0.686. The van der Waals surface area contributed by atoms with Crippen molar-refractivity contribution >= 4 is 34.7 Å². The summed E-state index contributed by atoms with van der Waals surface area (Å²) >= 11 is 0. The minimum Gasteiger partial charge on any atom is -0.310 e. The van der Waals surface area contributed by atoms with E-state index in [-0.39, 0.29) is 0 Å². The average Bonchev–Trinajstić information content (AvgIpc) is 3.00. The second kappa shape index (κ2) is 11.6. The lowest BCUT2D eigenvalue weighted by Gasteiger charge is -2.30. The first kappa shape index (κ1) is 25.6. The molecule has 198 valence electrons. The molecule has 5 aromatic carbocycles. The van der Waals surface area contributed by atoms with Crippen molar-refractivity contribution in [3.63, 3.8) is 0 Å². The summed E-state index contributed by atoms with van der Waals surface area (Å²) in [5.74, 6) is 0. The van der Waals surface area contributed by atoms with E-state index in [0.29, 0.717) is 0 Å². The zero-order valence-corrected chi connectivity index (χ0v) is 23.3. The highest BCUT2D eigenvalue weighted by molar-refractivity contribution is 5.85. The number of hydrazone groups is 1. The lowest BCUT2D eigenvalue weighted by atomic mass is 9.90. The largest absolute Gasteiger partial charge is 0.310 e. The van der Waals surface area contributed by atoms with Crippen molar-refractivity contribution < 1.29 is 0 Å². The van der Waals surface area contributed by atoms with Crippen molar-refractivity contribution in [3.8, 4) is 0 Å². The van der Waals surface area contributed by atoms with Crippen LogP contribution in [0, 0.1) is 13.8 Å². The quantitative estimate of drug-likeness (QED) is 0.157. The molecular formula is C37H35N3. The van der Waals surface area contributed by atoms with Gasteiger partial charge < -0.3 is 4.90 Å². The molecule has 1 aliphatic carbocycles. The first-order chi connectivity index (χ1) is 19.7. The smallest absolute Gasteiger partial charge is 0.0652 e. The lowest BCUT2D eigenvalue weighted by Crippen LogP contribution is -2.15. The van der Waals surface area contributed by atoms with Crippen LogP contribution < -0.4 is 9.91 Å². The molecule has 3 heteroatoms. The molecule has 0 amide bonds. The Kier molecular flexibility index (Phi) is 7.45. The molecule has 0 radical (unpaired) electrons. The highest BCUT2D eigenvalue weighted by Gasteiger charge is 2.20. The fourth-order valence-electron chi connectivity index (χ4n) is 5.46. The first-order valence-electron chi connectivity index (χ1n) is 14.2. The van der Waals surface area contributed by atoms with Crippen molar-refractivity contribution in [3.05, 3.63) is 149 Å². The highest BCUT2D eigenvalue weighted by Crippen LogP contribution is 2.39. The number of para-hydroxylation sites is 1. The summed E-state index contributed by atoms with van der Waals surface area (Å²) in [4.78, 5) is 2.40. The van der Waals surface area contributed by atoms with E-state index in [1.54, 1.807) is 0 Å². The van der Waals surface area contributed by atoms with E-state index in [1.165, 1.54) is 52.9 Å². The molecule has 0 aliphatic heterocycles. The Morgan fingerprint density at radius 2 is 1.12 bits per heavy atom. The maximum atomic E-state index is 4.94. The maximum absolute atomic E-state index is 4.94. The third kappa shape index (κ3) is 5.55. The van der Waals surface area contributed by atoms with Gasteiger partial charge in [-0.25, -0.2) is 5.01 Å². The van der Waals surface area contributed by atoms with Crippen LogP contribution in [0.5, 0.6) is 0 Å². The standard InChI is InChI=1S/C37H35N3/c1-28-15-21-34(22-16-28)40(35-23-17-29(2)18-24-35)38-27-30-19-25-33(26-20-30)39(32-11-4-3-5-12-32)37-14-8-10-31-9-6-7-13-36(31)37/h3-5,8,10-12,14-27H,6-7,9,13H2,1-2H3. The number of hydrogen-bond donors (Lipinski definition) is 0. The summed E-state index contributed by atoms with van der Waals surface area (Å²) in [6, 6.07) is 43.2. The van der Waals surface area contributed by atoms with Crippen LogP contribution in [-0.2, 0) is 12.8 Å². The minimum atomic E-state index is 1.03. The fourth-order valence-corrected chi connectivity index (χ4v) is 5.46. The van der Waals surface area contributed by atoms with Crippen LogP contribution in [0.25, 0.3) is 0 Å². The second-order valence-electron chi connectivity index (χ2n) is 10.6. The van der Waals surface area contributed by atoms with E-state index in [4.69, 9.17) is 5.10 Å². The Morgan fingerprint density at radius 3 is 1.77 bits per heavy atom. The van der Waals surface area contributed by atoms with Gasteiger partial charge >= 0.3 is 0 Å². The molecule has 40 heavy (non-hydrogen) atoms. The van der Waals surface area contributed by atoms with Gasteiger partial charge in [-0.2, -0.15) is 5.10 Å². The van der Waals surface area contributed by atoms with Gasteiger partial charge in [0.25, 0.3) is 0 Å². The van der Waals surface area contributed by atoms with Crippen LogP contribution in [-0.4, -0.2) is 6.21 Å². The SMILES string of the molecule is Cc1ccc(N(N=Cc2ccc(N(c3ccccc3)c3cccc4c3CCCC4)cc2)c2ccc(C)cc2)cc1. The molecule has 0 atom stereocenters. The molecule has 0 fully saturated rings. The number of aryl methyl sites for hydroxylation is 3. The summed E-state index contributed by atoms with van der Waals surface area (Å²) in [7, 11) is 0. The van der Waals surface area contributed by atoms with E-state index >= 15 is 0 Å². The summed E-state index contributed by atoms with van der Waals surface area (Å²) in [5, 5.41) is 6.94. The molecule has 0 aromatic heterocycles. The van der Waals surface area contributed by atoms with Gasteiger partial charge in [0.2, 0.25) is 0 Å². The predicted octanol–water partition coefficient (Wildman–Crippen LogP) is 9.82. The van der Waals surface area contributed by atoms with Gasteiger partial charge in [0.05, 0.1) is 17.6 Å². The van der Waals surface area contributed by atoms with Crippen molar-refractivity contribution in [1.82, 2.24) is 0 Å². The molecule has 6 rings (SSSR count). The molecule has 0 heterocycles. The number of benzene rings is 5. The van der Waals surface area contributed by atoms with Gasteiger partial charge in [0, 0.05) is 17.1 Å². The Morgan fingerprint density at radius 1 is 0.550 bits per heavy atom. The Hall–Kier alpha value is -4.63. The van der Waals surface area contributed by atoms with E-state index < -0.39 is 0 Å². The number of rotatable bonds is 7. The zero-order chi connectivity index (χ0) is 27.3. The predicted molar refractivity (Wildman–Crippen MR) is 170 cm³/mol. The van der Waals surface area contributed by atoms with Gasteiger partial charge in [0.15, 0.2) is 0 Å². The van der Waals surface area contributed by atoms with E-state index in [0.717, 1.165) is 29.0 Å². The topological polar surface area (TPSA) is 18.8 Å². The fraction of sp³-hybridized carbons (Fsp3) is 0.162. The molecule has 5 aromatic rings. The normalized spacial score (nSPS) is 12.8. The van der Waals surface area contributed by atoms with Gasteiger partial charge in [-0.1, -0.05) is 77.9 Å². The summed E-state index contributed by atoms with van der Waals surface area (Å²) in [6.45, 7) is 4.21. The van der Waals surface area contributed by atoms with Crippen LogP contribution in [0.1, 0.15) is 40.7 Å². The average molecular weight is 522 g/mol. The molecule has 0 unspecified atom stereocenters. The summed E-state index contributed by atoms with van der Waals surface area (Å²) < 4.78 is 0. The van der Waals surface area contributed by atoms with Gasteiger partial charge in [-0.3, -0.25) is 0 Å². The van der Waals surface area contributed by atoms with E-state index in [2.05, 4.69) is 140 Å². The highest BCUT2D eigenvalue weighted by atomic mass is 15.5. The third-order valence-corrected chi connectivity index (χ3v) is 7.66. The Bertz CT molecular complexity index is 1540. The maximum Gasteiger partial charge on any atom is 0.0652 e. The molecule has 3 nitrogen and oxygen atoms in total. The monoisotopic (exact) mass is 521 g/mol. The van der Waals surface area contributed by atoms with E-state index in [1.807, 2.05) is 11.2 Å². The Labute approximate surface area is 238 Å². The van der Waals surface area contributed by atoms with Crippen LogP contribution in [0.2, 0.25) is 0 Å². The van der Waals surface area contributed by atoms with E-state index in [9.17, 15) is 0 Å². The zero-order valence-electron chi connectivity index (χ0n) is 23.3. The van der Waals surface area contributed by atoms with Crippen molar-refractivity contribution in [2.45, 2.75) is 39.5 Å². The number of hydrogen-bond acceptors (Lipinski definition) is 3. The molecule has 0 N–H and O–H groups in total. The molecule has 0 saturated heterocycles. The van der Waals surface area contributed by atoms with Crippen LogP contribution in [0.4, 0.5) is 28.4 Å². The van der Waals surface area contributed by atoms with Gasteiger partial charge in [0.1, 0.15) is 0 Å². The molecule has 0 bridgehead atoms. The van der Waals surface area contributed by atoms with Gasteiger partial charge in [-0.15, -0.1) is 0 Å². The number of fused-ring (bicyclic) bond motifs is 1. The molecule has 1 aliphatic rings. The molecule has 0 spiro atoms. The van der Waals surface area contributed by atoms with Crippen molar-refractivity contribution in [1.29, 1.82) is 0 Å². The number of anilines is 5. The Balaban J connectivity index is 1.34.